The van der Waals surface area contributed by atoms with Crippen molar-refractivity contribution in [2.45, 2.75) is 19.9 Å². The van der Waals surface area contributed by atoms with E-state index in [1.54, 1.807) is 14.0 Å². The molecule has 0 saturated heterocycles. The number of rotatable bonds is 4. The lowest BCUT2D eigenvalue weighted by atomic mass is 10.1. The molecule has 0 fully saturated rings. The number of hydrogen-bond donors (Lipinski definition) is 2. The van der Waals surface area contributed by atoms with Crippen molar-refractivity contribution in [1.29, 1.82) is 0 Å². The third-order valence-corrected chi connectivity index (χ3v) is 3.25. The van der Waals surface area contributed by atoms with Crippen LogP contribution in [0.4, 0.5) is 11.5 Å². The summed E-state index contributed by atoms with van der Waals surface area (Å²) in [5.74, 6) is 1.37. The smallest absolute Gasteiger partial charge is 0.224 e. The molecule has 0 radical (unpaired) electrons. The van der Waals surface area contributed by atoms with Gasteiger partial charge in [0.05, 0.1) is 24.5 Å². The van der Waals surface area contributed by atoms with Crippen molar-refractivity contribution in [2.75, 3.05) is 18.2 Å². The van der Waals surface area contributed by atoms with Gasteiger partial charge < -0.3 is 15.8 Å². The topological polar surface area (TPSA) is 73.1 Å². The number of nitrogens with zero attached hydrogens (tertiary/aromatic N) is 2. The molecule has 20 heavy (non-hydrogen) atoms. The Morgan fingerprint density at radius 1 is 1.25 bits per heavy atom. The average molecular weight is 293 g/mol. The highest BCUT2D eigenvalue weighted by atomic mass is 35.5. The zero-order valence-electron chi connectivity index (χ0n) is 11.6. The van der Waals surface area contributed by atoms with Gasteiger partial charge in [-0.3, -0.25) is 0 Å². The van der Waals surface area contributed by atoms with E-state index in [2.05, 4.69) is 15.3 Å². The van der Waals surface area contributed by atoms with Gasteiger partial charge in [0.2, 0.25) is 5.28 Å². The molecule has 2 aromatic rings. The number of hydrogen-bond acceptors (Lipinski definition) is 5. The number of anilines is 2. The van der Waals surface area contributed by atoms with E-state index < -0.39 is 0 Å². The Balaban J connectivity index is 2.20. The molecule has 0 spiro atoms. The highest BCUT2D eigenvalue weighted by Crippen LogP contribution is 2.26. The Labute approximate surface area is 123 Å². The maximum atomic E-state index is 5.96. The highest BCUT2D eigenvalue weighted by molar-refractivity contribution is 6.28. The third-order valence-electron chi connectivity index (χ3n) is 3.08. The van der Waals surface area contributed by atoms with Gasteiger partial charge in [-0.05, 0) is 43.1 Å². The number of ether oxygens (including phenoxy) is 1. The number of nitrogens with one attached hydrogen (secondary N) is 1. The van der Waals surface area contributed by atoms with Crippen LogP contribution < -0.4 is 15.8 Å². The SMILES string of the molecule is COc1ccc(C(C)Nc2nc(Cl)nc(C)c2N)cc1. The third kappa shape index (κ3) is 3.11. The molecule has 0 aliphatic rings. The lowest BCUT2D eigenvalue weighted by Crippen LogP contribution is -2.11. The first kappa shape index (κ1) is 14.4. The zero-order valence-corrected chi connectivity index (χ0v) is 12.4. The lowest BCUT2D eigenvalue weighted by Gasteiger charge is -2.17. The lowest BCUT2D eigenvalue weighted by molar-refractivity contribution is 0.414. The molecular weight excluding hydrogens is 276 g/mol. The van der Waals surface area contributed by atoms with Crippen molar-refractivity contribution in [3.63, 3.8) is 0 Å². The minimum atomic E-state index is 0.0357. The molecule has 2 rings (SSSR count). The molecule has 0 saturated carbocycles. The minimum absolute atomic E-state index is 0.0357. The van der Waals surface area contributed by atoms with Crippen LogP contribution in [0.2, 0.25) is 5.28 Å². The van der Waals surface area contributed by atoms with Crippen LogP contribution in [0.3, 0.4) is 0 Å². The Morgan fingerprint density at radius 3 is 2.50 bits per heavy atom. The molecule has 1 heterocycles. The standard InChI is InChI=1S/C14H17ClN4O/c1-8(10-4-6-11(20-3)7-5-10)17-13-12(16)9(2)18-14(15)19-13/h4-8H,16H2,1-3H3,(H,17,18,19). The summed E-state index contributed by atoms with van der Waals surface area (Å²) in [4.78, 5) is 8.14. The fraction of sp³-hybridized carbons (Fsp3) is 0.286. The van der Waals surface area contributed by atoms with E-state index in [1.807, 2.05) is 31.2 Å². The monoisotopic (exact) mass is 292 g/mol. The summed E-state index contributed by atoms with van der Waals surface area (Å²) in [5, 5.41) is 3.43. The predicted octanol–water partition coefficient (Wildman–Crippen LogP) is 3.20. The van der Waals surface area contributed by atoms with E-state index >= 15 is 0 Å². The van der Waals surface area contributed by atoms with Crippen LogP contribution in [0.1, 0.15) is 24.2 Å². The Morgan fingerprint density at radius 2 is 1.90 bits per heavy atom. The van der Waals surface area contributed by atoms with Crippen molar-refractivity contribution in [1.82, 2.24) is 9.97 Å². The van der Waals surface area contributed by atoms with Gasteiger partial charge in [0.15, 0.2) is 5.82 Å². The maximum Gasteiger partial charge on any atom is 0.224 e. The van der Waals surface area contributed by atoms with Crippen LogP contribution >= 0.6 is 11.6 Å². The van der Waals surface area contributed by atoms with E-state index in [9.17, 15) is 0 Å². The van der Waals surface area contributed by atoms with Gasteiger partial charge in [0.1, 0.15) is 5.75 Å². The van der Waals surface area contributed by atoms with Crippen molar-refractivity contribution < 1.29 is 4.74 Å². The van der Waals surface area contributed by atoms with Crippen LogP contribution in [0.5, 0.6) is 5.75 Å². The number of benzene rings is 1. The number of aromatic nitrogens is 2. The van der Waals surface area contributed by atoms with E-state index in [1.165, 1.54) is 0 Å². The summed E-state index contributed by atoms with van der Waals surface area (Å²) >= 11 is 5.86. The molecule has 1 atom stereocenters. The molecule has 0 amide bonds. The van der Waals surface area contributed by atoms with Gasteiger partial charge in [-0.15, -0.1) is 0 Å². The largest absolute Gasteiger partial charge is 0.497 e. The van der Waals surface area contributed by atoms with Crippen LogP contribution in [0.25, 0.3) is 0 Å². The fourth-order valence-corrected chi connectivity index (χ4v) is 2.05. The van der Waals surface area contributed by atoms with E-state index in [-0.39, 0.29) is 11.3 Å². The first-order valence-electron chi connectivity index (χ1n) is 6.21. The molecule has 0 aliphatic heterocycles. The van der Waals surface area contributed by atoms with Gasteiger partial charge in [-0.2, -0.15) is 4.98 Å². The van der Waals surface area contributed by atoms with Crippen molar-refractivity contribution in [3.8, 4) is 5.75 Å². The van der Waals surface area contributed by atoms with Crippen LogP contribution in [0, 0.1) is 6.92 Å². The molecule has 1 aromatic carbocycles. The zero-order chi connectivity index (χ0) is 14.7. The summed E-state index contributed by atoms with van der Waals surface area (Å²) in [5.41, 5.74) is 8.22. The molecule has 3 N–H and O–H groups in total. The summed E-state index contributed by atoms with van der Waals surface area (Å²) in [6.45, 7) is 3.82. The van der Waals surface area contributed by atoms with Gasteiger partial charge in [0, 0.05) is 0 Å². The van der Waals surface area contributed by atoms with Crippen LogP contribution in [-0.4, -0.2) is 17.1 Å². The van der Waals surface area contributed by atoms with Gasteiger partial charge in [0.25, 0.3) is 0 Å². The summed E-state index contributed by atoms with van der Waals surface area (Å²) < 4.78 is 5.14. The number of methoxy groups -OCH3 is 1. The molecule has 5 nitrogen and oxygen atoms in total. The van der Waals surface area contributed by atoms with Gasteiger partial charge in [-0.1, -0.05) is 12.1 Å². The highest BCUT2D eigenvalue weighted by Gasteiger charge is 2.12. The van der Waals surface area contributed by atoms with Crippen LogP contribution in [0.15, 0.2) is 24.3 Å². The van der Waals surface area contributed by atoms with E-state index in [0.717, 1.165) is 11.3 Å². The first-order chi connectivity index (χ1) is 9.51. The first-order valence-corrected chi connectivity index (χ1v) is 6.59. The number of nitrogen functional groups attached to an aromatic ring is 1. The van der Waals surface area contributed by atoms with Crippen molar-refractivity contribution in [2.24, 2.45) is 0 Å². The summed E-state index contributed by atoms with van der Waals surface area (Å²) in [7, 11) is 1.64. The summed E-state index contributed by atoms with van der Waals surface area (Å²) in [6, 6.07) is 7.84. The minimum Gasteiger partial charge on any atom is -0.497 e. The molecule has 1 unspecified atom stereocenters. The molecule has 0 bridgehead atoms. The molecular formula is C14H17ClN4O. The van der Waals surface area contributed by atoms with E-state index in [0.29, 0.717) is 17.2 Å². The second-order valence-corrected chi connectivity index (χ2v) is 4.82. The fourth-order valence-electron chi connectivity index (χ4n) is 1.84. The number of aryl methyl sites for hydroxylation is 1. The second-order valence-electron chi connectivity index (χ2n) is 4.48. The second kappa shape index (κ2) is 5.96. The van der Waals surface area contributed by atoms with Gasteiger partial charge >= 0.3 is 0 Å². The molecule has 106 valence electrons. The Bertz CT molecular complexity index is 601. The summed E-state index contributed by atoms with van der Waals surface area (Å²) in [6.07, 6.45) is 0. The number of nitrogens with two attached hydrogens (primary N) is 1. The quantitative estimate of drug-likeness (QED) is 0.847. The number of halogens is 1. The van der Waals surface area contributed by atoms with E-state index in [4.69, 9.17) is 22.1 Å². The van der Waals surface area contributed by atoms with Crippen molar-refractivity contribution in [3.05, 3.63) is 40.8 Å². The normalized spacial score (nSPS) is 12.0. The molecule has 0 aliphatic carbocycles. The van der Waals surface area contributed by atoms with Crippen LogP contribution in [-0.2, 0) is 0 Å². The predicted molar refractivity (Wildman–Crippen MR) is 81.2 cm³/mol. The maximum absolute atomic E-state index is 5.96. The Kier molecular flexibility index (Phi) is 4.29. The Hall–Kier alpha value is -2.01. The average Bonchev–Trinajstić information content (AvgIpc) is 2.44. The van der Waals surface area contributed by atoms with Gasteiger partial charge in [-0.25, -0.2) is 4.98 Å². The van der Waals surface area contributed by atoms with Crippen molar-refractivity contribution >= 4 is 23.1 Å². The molecule has 1 aromatic heterocycles. The molecule has 6 heteroatoms.